The predicted molar refractivity (Wildman–Crippen MR) is 89.4 cm³/mol. The molecule has 0 fully saturated rings. The Morgan fingerprint density at radius 3 is 2.24 bits per heavy atom. The molecule has 1 aromatic heterocycles. The van der Waals surface area contributed by atoms with E-state index in [0.29, 0.717) is 34.0 Å². The first-order chi connectivity index (χ1) is 9.92. The molecule has 0 unspecified atom stereocenters. The highest BCUT2D eigenvalue weighted by Crippen LogP contribution is 2.35. The summed E-state index contributed by atoms with van der Waals surface area (Å²) < 4.78 is 5.77. The van der Waals surface area contributed by atoms with E-state index in [1.165, 1.54) is 0 Å². The van der Waals surface area contributed by atoms with Crippen molar-refractivity contribution < 1.29 is 4.74 Å². The summed E-state index contributed by atoms with van der Waals surface area (Å²) in [4.78, 5) is 4.31. The highest BCUT2D eigenvalue weighted by atomic mass is 35.5. The van der Waals surface area contributed by atoms with E-state index in [0.717, 1.165) is 16.1 Å². The molecule has 0 radical (unpaired) electrons. The van der Waals surface area contributed by atoms with Gasteiger partial charge in [-0.3, -0.25) is 0 Å². The summed E-state index contributed by atoms with van der Waals surface area (Å²) in [5, 5.41) is 4.60. The third-order valence-corrected chi connectivity index (χ3v) is 4.02. The van der Waals surface area contributed by atoms with E-state index in [1.807, 2.05) is 32.9 Å². The van der Waals surface area contributed by atoms with Crippen LogP contribution in [0.5, 0.6) is 11.6 Å². The van der Waals surface area contributed by atoms with Gasteiger partial charge in [0.1, 0.15) is 16.6 Å². The SMILES string of the molecule is CCNc1nc(Oc2cc(C)c(Cl)c(C)c2)c(Cl)cc1Cl. The Hall–Kier alpha value is -1.16. The van der Waals surface area contributed by atoms with Gasteiger partial charge >= 0.3 is 0 Å². The van der Waals surface area contributed by atoms with Crippen LogP contribution in [0.4, 0.5) is 5.82 Å². The Morgan fingerprint density at radius 1 is 1.05 bits per heavy atom. The quantitative estimate of drug-likeness (QED) is 0.751. The average molecular weight is 346 g/mol. The third kappa shape index (κ3) is 3.73. The van der Waals surface area contributed by atoms with Gasteiger partial charge in [-0.2, -0.15) is 4.98 Å². The summed E-state index contributed by atoms with van der Waals surface area (Å²) in [6, 6.07) is 5.29. The van der Waals surface area contributed by atoms with E-state index in [9.17, 15) is 0 Å². The number of aryl methyl sites for hydroxylation is 2. The van der Waals surface area contributed by atoms with E-state index in [2.05, 4.69) is 10.3 Å². The van der Waals surface area contributed by atoms with E-state index in [1.54, 1.807) is 6.07 Å². The van der Waals surface area contributed by atoms with Gasteiger partial charge in [-0.05, 0) is 50.1 Å². The van der Waals surface area contributed by atoms with Gasteiger partial charge in [0.15, 0.2) is 0 Å². The molecule has 0 aliphatic carbocycles. The maximum Gasteiger partial charge on any atom is 0.240 e. The van der Waals surface area contributed by atoms with Crippen molar-refractivity contribution in [2.75, 3.05) is 11.9 Å². The van der Waals surface area contributed by atoms with Gasteiger partial charge < -0.3 is 10.1 Å². The van der Waals surface area contributed by atoms with Crippen LogP contribution in [-0.4, -0.2) is 11.5 Å². The molecule has 3 nitrogen and oxygen atoms in total. The van der Waals surface area contributed by atoms with Crippen molar-refractivity contribution in [3.05, 3.63) is 44.4 Å². The number of ether oxygens (including phenoxy) is 1. The van der Waals surface area contributed by atoms with E-state index in [-0.39, 0.29) is 0 Å². The van der Waals surface area contributed by atoms with Gasteiger partial charge in [-0.25, -0.2) is 0 Å². The topological polar surface area (TPSA) is 34.2 Å². The molecular weight excluding hydrogens is 331 g/mol. The molecule has 112 valence electrons. The summed E-state index contributed by atoms with van der Waals surface area (Å²) in [5.74, 6) is 1.48. The van der Waals surface area contributed by atoms with Gasteiger partial charge in [-0.15, -0.1) is 0 Å². The Balaban J connectivity index is 2.37. The number of halogens is 3. The number of nitrogens with one attached hydrogen (secondary N) is 1. The number of hydrogen-bond acceptors (Lipinski definition) is 3. The Labute approximate surface area is 139 Å². The fourth-order valence-electron chi connectivity index (χ4n) is 1.89. The standard InChI is InChI=1S/C15H15Cl3N2O/c1-4-19-14-11(16)7-12(17)15(20-14)21-10-5-8(2)13(18)9(3)6-10/h5-7H,4H2,1-3H3,(H,19,20). The highest BCUT2D eigenvalue weighted by Gasteiger charge is 2.12. The Bertz CT molecular complexity index is 651. The van der Waals surface area contributed by atoms with Crippen molar-refractivity contribution in [2.45, 2.75) is 20.8 Å². The van der Waals surface area contributed by atoms with Crippen molar-refractivity contribution >= 4 is 40.6 Å². The second-order valence-electron chi connectivity index (χ2n) is 4.61. The molecule has 2 aromatic rings. The molecule has 0 saturated heterocycles. The number of rotatable bonds is 4. The smallest absolute Gasteiger partial charge is 0.240 e. The number of anilines is 1. The lowest BCUT2D eigenvalue weighted by Gasteiger charge is -2.12. The van der Waals surface area contributed by atoms with Crippen molar-refractivity contribution in [2.24, 2.45) is 0 Å². The van der Waals surface area contributed by atoms with Gasteiger partial charge in [0.05, 0.1) is 5.02 Å². The fraction of sp³-hybridized carbons (Fsp3) is 0.267. The zero-order valence-electron chi connectivity index (χ0n) is 11.9. The molecule has 1 aromatic carbocycles. The molecule has 0 amide bonds. The van der Waals surface area contributed by atoms with Crippen LogP contribution >= 0.6 is 34.8 Å². The largest absolute Gasteiger partial charge is 0.437 e. The zero-order valence-corrected chi connectivity index (χ0v) is 14.2. The second-order valence-corrected chi connectivity index (χ2v) is 5.80. The van der Waals surface area contributed by atoms with E-state index < -0.39 is 0 Å². The average Bonchev–Trinajstić information content (AvgIpc) is 2.41. The van der Waals surface area contributed by atoms with Crippen LogP contribution < -0.4 is 10.1 Å². The second kappa shape index (κ2) is 6.73. The highest BCUT2D eigenvalue weighted by molar-refractivity contribution is 6.36. The Kier molecular flexibility index (Phi) is 5.20. The fourth-order valence-corrected chi connectivity index (χ4v) is 2.46. The third-order valence-electron chi connectivity index (χ3n) is 2.87. The number of pyridine rings is 1. The normalized spacial score (nSPS) is 10.6. The maximum absolute atomic E-state index is 6.15. The van der Waals surface area contributed by atoms with E-state index >= 15 is 0 Å². The molecule has 0 spiro atoms. The molecule has 0 atom stereocenters. The zero-order chi connectivity index (χ0) is 15.6. The summed E-state index contributed by atoms with van der Waals surface area (Å²) in [7, 11) is 0. The first kappa shape index (κ1) is 16.2. The van der Waals surface area contributed by atoms with Crippen LogP contribution in [0, 0.1) is 13.8 Å². The van der Waals surface area contributed by atoms with Gasteiger partial charge in [0, 0.05) is 11.6 Å². The maximum atomic E-state index is 6.15. The Morgan fingerprint density at radius 2 is 1.67 bits per heavy atom. The van der Waals surface area contributed by atoms with Crippen molar-refractivity contribution in [1.29, 1.82) is 0 Å². The summed E-state index contributed by atoms with van der Waals surface area (Å²) in [6.07, 6.45) is 0. The first-order valence-corrected chi connectivity index (χ1v) is 7.60. The lowest BCUT2D eigenvalue weighted by Crippen LogP contribution is -2.01. The minimum absolute atomic E-state index is 0.304. The lowest BCUT2D eigenvalue weighted by atomic mass is 10.1. The van der Waals surface area contributed by atoms with E-state index in [4.69, 9.17) is 39.5 Å². The lowest BCUT2D eigenvalue weighted by molar-refractivity contribution is 0.463. The molecular formula is C15H15Cl3N2O. The van der Waals surface area contributed by atoms with Crippen LogP contribution in [-0.2, 0) is 0 Å². The number of hydrogen-bond donors (Lipinski definition) is 1. The first-order valence-electron chi connectivity index (χ1n) is 6.47. The molecule has 0 bridgehead atoms. The summed E-state index contributed by atoms with van der Waals surface area (Å²) in [6.45, 7) is 6.50. The van der Waals surface area contributed by atoms with Crippen LogP contribution in [0.3, 0.4) is 0 Å². The van der Waals surface area contributed by atoms with Crippen molar-refractivity contribution in [3.8, 4) is 11.6 Å². The molecule has 1 heterocycles. The molecule has 0 aliphatic heterocycles. The van der Waals surface area contributed by atoms with Crippen molar-refractivity contribution in [3.63, 3.8) is 0 Å². The molecule has 0 aliphatic rings. The molecule has 21 heavy (non-hydrogen) atoms. The molecule has 6 heteroatoms. The summed E-state index contributed by atoms with van der Waals surface area (Å²) in [5.41, 5.74) is 1.87. The monoisotopic (exact) mass is 344 g/mol. The van der Waals surface area contributed by atoms with Crippen LogP contribution in [0.1, 0.15) is 18.1 Å². The van der Waals surface area contributed by atoms with Gasteiger partial charge in [0.25, 0.3) is 0 Å². The molecule has 1 N–H and O–H groups in total. The van der Waals surface area contributed by atoms with Crippen molar-refractivity contribution in [1.82, 2.24) is 4.98 Å². The van der Waals surface area contributed by atoms with Gasteiger partial charge in [0.2, 0.25) is 5.88 Å². The number of benzene rings is 1. The minimum atomic E-state index is 0.304. The van der Waals surface area contributed by atoms with Gasteiger partial charge in [-0.1, -0.05) is 34.8 Å². The number of nitrogens with zero attached hydrogens (tertiary/aromatic N) is 1. The van der Waals surface area contributed by atoms with Crippen LogP contribution in [0.15, 0.2) is 18.2 Å². The minimum Gasteiger partial charge on any atom is -0.437 e. The predicted octanol–water partition coefficient (Wildman–Crippen LogP) is 5.88. The molecule has 0 saturated carbocycles. The molecule has 2 rings (SSSR count). The number of aromatic nitrogens is 1. The van der Waals surface area contributed by atoms with Crippen LogP contribution in [0.2, 0.25) is 15.1 Å². The van der Waals surface area contributed by atoms with Crippen LogP contribution in [0.25, 0.3) is 0 Å². The summed E-state index contributed by atoms with van der Waals surface area (Å²) >= 11 is 18.4.